The second-order valence-corrected chi connectivity index (χ2v) is 14.1. The van der Waals surface area contributed by atoms with Crippen LogP contribution in [0.1, 0.15) is 93.0 Å². The molecule has 5 heteroatoms. The van der Waals surface area contributed by atoms with Gasteiger partial charge in [0.25, 0.3) is 0 Å². The number of para-hydroxylation sites is 1. The predicted octanol–water partition coefficient (Wildman–Crippen LogP) is 12.6. The third kappa shape index (κ3) is 6.22. The van der Waals surface area contributed by atoms with Crippen molar-refractivity contribution in [2.45, 2.75) is 86.0 Å². The Labute approximate surface area is 296 Å². The Bertz CT molecular complexity index is 2270. The first kappa shape index (κ1) is 33.3. The van der Waals surface area contributed by atoms with Gasteiger partial charge in [-0.05, 0) is 121 Å². The minimum absolute atomic E-state index is 0.473. The highest BCUT2D eigenvalue weighted by Gasteiger charge is 2.24. The van der Waals surface area contributed by atoms with Gasteiger partial charge in [0.2, 0.25) is 0 Å². The molecule has 5 nitrogen and oxygen atoms in total. The molecular formula is C45H48N4O. The average molecular weight is 661 g/mol. The third-order valence-corrected chi connectivity index (χ3v) is 10.2. The lowest BCUT2D eigenvalue weighted by molar-refractivity contribution is 0.483. The van der Waals surface area contributed by atoms with Gasteiger partial charge in [-0.2, -0.15) is 5.10 Å². The molecule has 0 radical (unpaired) electrons. The number of hydrogen-bond donors (Lipinski definition) is 0. The number of benzene rings is 4. The van der Waals surface area contributed by atoms with Crippen molar-refractivity contribution >= 4 is 21.8 Å². The minimum atomic E-state index is 0.473. The summed E-state index contributed by atoms with van der Waals surface area (Å²) in [6.07, 6.45) is 10.8. The molecule has 0 saturated heterocycles. The molecule has 254 valence electrons. The molecule has 7 aromatic rings. The van der Waals surface area contributed by atoms with Gasteiger partial charge in [0.1, 0.15) is 17.3 Å². The molecule has 1 unspecified atom stereocenters. The standard InChI is InChI=1S/C45H48N4O/c1-8-13-30(4)43-32(6)24-33(7)44(31(5)14-9-2)45(43)34-27-47-48(28-34)35-15-12-16-36(25-35)50-37-19-20-39-38-17-10-11-18-40(38)49(41(39)26-37)42-23-29(3)21-22-46-42/h10-12,15-28,30-31H,8-9,13-14H2,1-7H3/t30-,31?/m1/s1. The van der Waals surface area contributed by atoms with Crippen molar-refractivity contribution in [3.05, 3.63) is 131 Å². The van der Waals surface area contributed by atoms with E-state index in [1.165, 1.54) is 62.6 Å². The summed E-state index contributed by atoms with van der Waals surface area (Å²) < 4.78 is 10.8. The second kappa shape index (κ2) is 14.0. The Hall–Kier alpha value is -5.16. The van der Waals surface area contributed by atoms with Gasteiger partial charge in [-0.15, -0.1) is 0 Å². The maximum Gasteiger partial charge on any atom is 0.137 e. The van der Waals surface area contributed by atoms with Gasteiger partial charge in [-0.25, -0.2) is 9.67 Å². The molecule has 0 spiro atoms. The van der Waals surface area contributed by atoms with Gasteiger partial charge in [0.15, 0.2) is 0 Å². The van der Waals surface area contributed by atoms with Gasteiger partial charge in [-0.3, -0.25) is 4.57 Å². The summed E-state index contributed by atoms with van der Waals surface area (Å²) in [5.74, 6) is 3.37. The zero-order chi connectivity index (χ0) is 34.9. The number of aryl methyl sites for hydroxylation is 3. The molecule has 0 saturated carbocycles. The molecule has 0 amide bonds. The molecule has 3 aromatic heterocycles. The van der Waals surface area contributed by atoms with Gasteiger partial charge in [0, 0.05) is 40.9 Å². The van der Waals surface area contributed by atoms with Crippen LogP contribution in [-0.2, 0) is 0 Å². The molecule has 7 rings (SSSR count). The van der Waals surface area contributed by atoms with E-state index in [1.54, 1.807) is 0 Å². The van der Waals surface area contributed by atoms with Crippen molar-refractivity contribution in [3.63, 3.8) is 0 Å². The van der Waals surface area contributed by atoms with Gasteiger partial charge >= 0.3 is 0 Å². The van der Waals surface area contributed by atoms with Crippen LogP contribution in [0.4, 0.5) is 0 Å². The number of ether oxygens (including phenoxy) is 1. The smallest absolute Gasteiger partial charge is 0.137 e. The van der Waals surface area contributed by atoms with Crippen molar-refractivity contribution in [1.82, 2.24) is 19.3 Å². The van der Waals surface area contributed by atoms with Crippen LogP contribution in [0.2, 0.25) is 0 Å². The zero-order valence-corrected chi connectivity index (χ0v) is 30.5. The lowest BCUT2D eigenvalue weighted by Gasteiger charge is -2.26. The monoisotopic (exact) mass is 660 g/mol. The SMILES string of the molecule is CCCC(C)c1c(C)cc(C)c([C@H](C)CCC)c1-c1cnn(-c2cccc(Oc3ccc4c5ccccc5n(-c5cc(C)ccn5)c4c3)c2)c1. The van der Waals surface area contributed by atoms with Gasteiger partial charge in [0.05, 0.1) is 22.9 Å². The van der Waals surface area contributed by atoms with Crippen molar-refractivity contribution in [2.24, 2.45) is 0 Å². The fourth-order valence-electron chi connectivity index (χ4n) is 8.08. The third-order valence-electron chi connectivity index (χ3n) is 10.2. The fourth-order valence-corrected chi connectivity index (χ4v) is 8.08. The first-order valence-electron chi connectivity index (χ1n) is 18.2. The van der Waals surface area contributed by atoms with E-state index in [9.17, 15) is 0 Å². The first-order chi connectivity index (χ1) is 24.3. The maximum absolute atomic E-state index is 6.56. The summed E-state index contributed by atoms with van der Waals surface area (Å²) in [6, 6.07) is 29.6. The molecule has 2 atom stereocenters. The van der Waals surface area contributed by atoms with Crippen LogP contribution < -0.4 is 4.74 Å². The molecular weight excluding hydrogens is 613 g/mol. The summed E-state index contributed by atoms with van der Waals surface area (Å²) in [4.78, 5) is 4.74. The second-order valence-electron chi connectivity index (χ2n) is 14.1. The normalized spacial score (nSPS) is 12.9. The van der Waals surface area contributed by atoms with E-state index in [2.05, 4.69) is 132 Å². The Morgan fingerprint density at radius 1 is 0.700 bits per heavy atom. The lowest BCUT2D eigenvalue weighted by atomic mass is 9.78. The molecule has 0 aliphatic carbocycles. The van der Waals surface area contributed by atoms with Crippen LogP contribution >= 0.6 is 0 Å². The number of hydrogen-bond acceptors (Lipinski definition) is 3. The molecule has 0 fully saturated rings. The minimum Gasteiger partial charge on any atom is -0.457 e. The van der Waals surface area contributed by atoms with Gasteiger partial charge in [-0.1, -0.05) is 70.9 Å². The average Bonchev–Trinajstić information content (AvgIpc) is 3.71. The van der Waals surface area contributed by atoms with Crippen LogP contribution in [0.15, 0.2) is 104 Å². The topological polar surface area (TPSA) is 44.9 Å². The highest BCUT2D eigenvalue weighted by Crippen LogP contribution is 2.43. The number of pyridine rings is 1. The van der Waals surface area contributed by atoms with Crippen molar-refractivity contribution in [2.75, 3.05) is 0 Å². The maximum atomic E-state index is 6.56. The van der Waals surface area contributed by atoms with E-state index in [0.717, 1.165) is 46.9 Å². The van der Waals surface area contributed by atoms with Crippen LogP contribution in [0.25, 0.3) is 44.4 Å². The van der Waals surface area contributed by atoms with E-state index in [-0.39, 0.29) is 0 Å². The van der Waals surface area contributed by atoms with Crippen LogP contribution in [0.5, 0.6) is 11.5 Å². The van der Waals surface area contributed by atoms with Crippen LogP contribution in [0, 0.1) is 20.8 Å². The van der Waals surface area contributed by atoms with Gasteiger partial charge < -0.3 is 4.74 Å². The van der Waals surface area contributed by atoms with Crippen LogP contribution in [-0.4, -0.2) is 19.3 Å². The van der Waals surface area contributed by atoms with Crippen molar-refractivity contribution in [1.29, 1.82) is 0 Å². The number of nitrogens with zero attached hydrogens (tertiary/aromatic N) is 4. The zero-order valence-electron chi connectivity index (χ0n) is 30.5. The van der Waals surface area contributed by atoms with Crippen molar-refractivity contribution in [3.8, 4) is 34.1 Å². The Morgan fingerprint density at radius 3 is 2.12 bits per heavy atom. The molecule has 0 bridgehead atoms. The number of rotatable bonds is 11. The summed E-state index contributed by atoms with van der Waals surface area (Å²) in [6.45, 7) is 16.0. The molecule has 0 aliphatic heterocycles. The highest BCUT2D eigenvalue weighted by molar-refractivity contribution is 6.09. The Balaban J connectivity index is 1.26. The van der Waals surface area contributed by atoms with Crippen LogP contribution in [0.3, 0.4) is 0 Å². The Morgan fingerprint density at radius 2 is 1.40 bits per heavy atom. The predicted molar refractivity (Wildman–Crippen MR) is 209 cm³/mol. The highest BCUT2D eigenvalue weighted by atomic mass is 16.5. The number of aromatic nitrogens is 4. The summed E-state index contributed by atoms with van der Waals surface area (Å²) >= 11 is 0. The lowest BCUT2D eigenvalue weighted by Crippen LogP contribution is -2.08. The first-order valence-corrected chi connectivity index (χ1v) is 18.2. The van der Waals surface area contributed by atoms with Crippen molar-refractivity contribution < 1.29 is 4.74 Å². The number of fused-ring (bicyclic) bond motifs is 3. The quantitative estimate of drug-likeness (QED) is 0.139. The molecule has 4 aromatic carbocycles. The Kier molecular flexibility index (Phi) is 9.33. The molecule has 0 N–H and O–H groups in total. The largest absolute Gasteiger partial charge is 0.457 e. The van der Waals surface area contributed by atoms with E-state index in [4.69, 9.17) is 14.8 Å². The summed E-state index contributed by atoms with van der Waals surface area (Å²) in [5, 5.41) is 7.29. The fraction of sp³-hybridized carbons (Fsp3) is 0.289. The molecule has 50 heavy (non-hydrogen) atoms. The summed E-state index contributed by atoms with van der Waals surface area (Å²) in [7, 11) is 0. The van der Waals surface area contributed by atoms with E-state index < -0.39 is 0 Å². The summed E-state index contributed by atoms with van der Waals surface area (Å²) in [5.41, 5.74) is 12.6. The van der Waals surface area contributed by atoms with E-state index in [0.29, 0.717) is 11.8 Å². The van der Waals surface area contributed by atoms with E-state index in [1.807, 2.05) is 29.1 Å². The van der Waals surface area contributed by atoms with E-state index >= 15 is 0 Å². The molecule has 0 aliphatic rings. The molecule has 3 heterocycles.